The molecule has 1 atom stereocenters. The molecule has 27 heavy (non-hydrogen) atoms. The molecule has 0 aliphatic carbocycles. The van der Waals surface area contributed by atoms with E-state index in [0.29, 0.717) is 6.61 Å². The van der Waals surface area contributed by atoms with Gasteiger partial charge in [0.15, 0.2) is 0 Å². The molecule has 1 rings (SSSR count). The van der Waals surface area contributed by atoms with Crippen LogP contribution in [0, 0.1) is 0 Å². The molecule has 0 heterocycles. The van der Waals surface area contributed by atoms with Crippen molar-refractivity contribution in [2.45, 2.75) is 58.4 Å². The van der Waals surface area contributed by atoms with E-state index in [0.717, 1.165) is 5.56 Å². The van der Waals surface area contributed by atoms with Gasteiger partial charge < -0.3 is 20.1 Å². The molecule has 0 aromatic heterocycles. The number of carbonyl (C=O) groups excluding carboxylic acids is 2. The van der Waals surface area contributed by atoms with Crippen molar-refractivity contribution in [3.05, 3.63) is 35.9 Å². The average Bonchev–Trinajstić information content (AvgIpc) is 2.53. The molecule has 0 radical (unpaired) electrons. The van der Waals surface area contributed by atoms with Gasteiger partial charge in [-0.2, -0.15) is 0 Å². The van der Waals surface area contributed by atoms with Crippen molar-refractivity contribution >= 4 is 12.0 Å². The normalized spacial score (nSPS) is 13.0. The Morgan fingerprint density at radius 3 is 2.26 bits per heavy atom. The molecule has 152 valence electrons. The number of carbonyl (C=O) groups is 2. The van der Waals surface area contributed by atoms with Gasteiger partial charge in [-0.05, 0) is 40.2 Å². The molecule has 0 aliphatic rings. The molecule has 0 bridgehead atoms. The molecule has 0 saturated carbocycles. The van der Waals surface area contributed by atoms with Crippen LogP contribution in [0.2, 0.25) is 0 Å². The number of hydrogen-bond acceptors (Lipinski definition) is 6. The van der Waals surface area contributed by atoms with Gasteiger partial charge in [0.2, 0.25) is 5.91 Å². The number of benzene rings is 1. The molecule has 0 unspecified atom stereocenters. The Bertz CT molecular complexity index is 598. The predicted molar refractivity (Wildman–Crippen MR) is 100 cm³/mol. The average molecular weight is 382 g/mol. The lowest BCUT2D eigenvalue weighted by atomic mass is 10.0. The third-order valence-electron chi connectivity index (χ3n) is 3.42. The van der Waals surface area contributed by atoms with E-state index in [1.165, 1.54) is 0 Å². The Kier molecular flexibility index (Phi) is 8.68. The van der Waals surface area contributed by atoms with Gasteiger partial charge in [0.1, 0.15) is 17.7 Å². The smallest absolute Gasteiger partial charge is 0.408 e. The van der Waals surface area contributed by atoms with Crippen molar-refractivity contribution in [2.24, 2.45) is 0 Å². The molecule has 8 heteroatoms. The molecule has 0 aliphatic heterocycles. The van der Waals surface area contributed by atoms with Gasteiger partial charge in [0, 0.05) is 0 Å². The highest BCUT2D eigenvalue weighted by atomic mass is 17.1. The van der Waals surface area contributed by atoms with Crippen LogP contribution in [-0.2, 0) is 25.8 Å². The monoisotopic (exact) mass is 382 g/mol. The zero-order chi connectivity index (χ0) is 20.5. The highest BCUT2D eigenvalue weighted by Gasteiger charge is 2.33. The molecule has 3 N–H and O–H groups in total. The van der Waals surface area contributed by atoms with E-state index in [1.807, 2.05) is 30.3 Å². The SMILES string of the molecule is CC(C)(C)OC(=O)NC(C)(C)C(=O)N[C@@H](COO)COCc1ccccc1. The van der Waals surface area contributed by atoms with Gasteiger partial charge in [0.05, 0.1) is 19.3 Å². The van der Waals surface area contributed by atoms with Crippen molar-refractivity contribution < 1.29 is 29.2 Å². The summed E-state index contributed by atoms with van der Waals surface area (Å²) >= 11 is 0. The third kappa shape index (κ3) is 9.37. The van der Waals surface area contributed by atoms with Crippen molar-refractivity contribution in [3.63, 3.8) is 0 Å². The molecule has 1 aromatic rings. The number of amides is 2. The van der Waals surface area contributed by atoms with Gasteiger partial charge in [0.25, 0.3) is 0 Å². The second-order valence-corrected chi connectivity index (χ2v) is 7.72. The fourth-order valence-corrected chi connectivity index (χ4v) is 2.10. The largest absolute Gasteiger partial charge is 0.444 e. The van der Waals surface area contributed by atoms with Crippen LogP contribution in [0.25, 0.3) is 0 Å². The summed E-state index contributed by atoms with van der Waals surface area (Å²) in [6.45, 7) is 8.64. The van der Waals surface area contributed by atoms with Crippen LogP contribution in [0.1, 0.15) is 40.2 Å². The lowest BCUT2D eigenvalue weighted by molar-refractivity contribution is -0.248. The van der Waals surface area contributed by atoms with Gasteiger partial charge in [-0.25, -0.2) is 9.68 Å². The summed E-state index contributed by atoms with van der Waals surface area (Å²) in [4.78, 5) is 28.6. The van der Waals surface area contributed by atoms with Crippen molar-refractivity contribution in [1.82, 2.24) is 10.6 Å². The highest BCUT2D eigenvalue weighted by molar-refractivity contribution is 5.89. The summed E-state index contributed by atoms with van der Waals surface area (Å²) in [6, 6.07) is 8.96. The first-order chi connectivity index (χ1) is 12.5. The highest BCUT2D eigenvalue weighted by Crippen LogP contribution is 2.10. The number of hydrogen-bond donors (Lipinski definition) is 3. The van der Waals surface area contributed by atoms with Gasteiger partial charge in [-0.1, -0.05) is 30.3 Å². The molecule has 0 saturated heterocycles. The van der Waals surface area contributed by atoms with Crippen LogP contribution in [0.5, 0.6) is 0 Å². The van der Waals surface area contributed by atoms with E-state index >= 15 is 0 Å². The van der Waals surface area contributed by atoms with Crippen LogP contribution in [0.4, 0.5) is 4.79 Å². The molecule has 0 fully saturated rings. The van der Waals surface area contributed by atoms with Gasteiger partial charge in [-0.15, -0.1) is 0 Å². The first-order valence-corrected chi connectivity index (χ1v) is 8.73. The van der Waals surface area contributed by atoms with Gasteiger partial charge >= 0.3 is 6.09 Å². The van der Waals surface area contributed by atoms with Crippen molar-refractivity contribution in [3.8, 4) is 0 Å². The van der Waals surface area contributed by atoms with Crippen LogP contribution in [0.3, 0.4) is 0 Å². The van der Waals surface area contributed by atoms with Crippen LogP contribution >= 0.6 is 0 Å². The van der Waals surface area contributed by atoms with Crippen LogP contribution in [-0.4, -0.2) is 47.7 Å². The summed E-state index contributed by atoms with van der Waals surface area (Å²) in [7, 11) is 0. The summed E-state index contributed by atoms with van der Waals surface area (Å²) in [5.74, 6) is -0.460. The molecule has 1 aromatic carbocycles. The number of rotatable bonds is 9. The first kappa shape index (κ1) is 22.9. The number of nitrogens with one attached hydrogen (secondary N) is 2. The van der Waals surface area contributed by atoms with Crippen LogP contribution in [0.15, 0.2) is 30.3 Å². The molecule has 8 nitrogen and oxygen atoms in total. The minimum atomic E-state index is -1.23. The first-order valence-electron chi connectivity index (χ1n) is 8.73. The van der Waals surface area contributed by atoms with E-state index in [4.69, 9.17) is 14.7 Å². The predicted octanol–water partition coefficient (Wildman–Crippen LogP) is 2.48. The summed E-state index contributed by atoms with van der Waals surface area (Å²) < 4.78 is 10.7. The van der Waals surface area contributed by atoms with E-state index in [1.54, 1.807) is 34.6 Å². The fraction of sp³-hybridized carbons (Fsp3) is 0.579. The fourth-order valence-electron chi connectivity index (χ4n) is 2.10. The van der Waals surface area contributed by atoms with E-state index < -0.39 is 29.2 Å². The summed E-state index contributed by atoms with van der Waals surface area (Å²) in [5, 5.41) is 14.0. The molecule has 2 amide bonds. The lowest BCUT2D eigenvalue weighted by Crippen LogP contribution is -2.58. The van der Waals surface area contributed by atoms with Gasteiger partial charge in [-0.3, -0.25) is 10.1 Å². The zero-order valence-electron chi connectivity index (χ0n) is 16.6. The standard InChI is InChI=1S/C19H30N2O6/c1-18(2,3)27-17(23)21-19(4,5)16(22)20-15(13-26-24)12-25-11-14-9-7-6-8-10-14/h6-10,15,24H,11-13H2,1-5H3,(H,20,22)(H,21,23)/t15-/m1/s1. The Hall–Kier alpha value is -2.16. The molecule has 0 spiro atoms. The Morgan fingerprint density at radius 2 is 1.70 bits per heavy atom. The maximum atomic E-state index is 12.5. The number of alkyl carbamates (subject to hydrolysis) is 1. The van der Waals surface area contributed by atoms with Crippen molar-refractivity contribution in [1.29, 1.82) is 0 Å². The molecular formula is C19H30N2O6. The maximum absolute atomic E-state index is 12.5. The topological polar surface area (TPSA) is 106 Å². The maximum Gasteiger partial charge on any atom is 0.408 e. The van der Waals surface area contributed by atoms with E-state index in [-0.39, 0.29) is 13.2 Å². The minimum absolute atomic E-state index is 0.129. The number of ether oxygens (including phenoxy) is 2. The van der Waals surface area contributed by atoms with E-state index in [2.05, 4.69) is 15.5 Å². The Labute approximate surface area is 160 Å². The second kappa shape index (κ2) is 10.2. The van der Waals surface area contributed by atoms with E-state index in [9.17, 15) is 9.59 Å². The Balaban J connectivity index is 2.55. The minimum Gasteiger partial charge on any atom is -0.444 e. The summed E-state index contributed by atoms with van der Waals surface area (Å²) in [5.41, 5.74) is -0.913. The second-order valence-electron chi connectivity index (χ2n) is 7.72. The summed E-state index contributed by atoms with van der Waals surface area (Å²) in [6.07, 6.45) is -0.696. The molecular weight excluding hydrogens is 352 g/mol. The van der Waals surface area contributed by atoms with Crippen LogP contribution < -0.4 is 10.6 Å². The third-order valence-corrected chi connectivity index (χ3v) is 3.42. The Morgan fingerprint density at radius 1 is 1.07 bits per heavy atom. The quantitative estimate of drug-likeness (QED) is 0.447. The van der Waals surface area contributed by atoms with Crippen molar-refractivity contribution in [2.75, 3.05) is 13.2 Å². The lowest BCUT2D eigenvalue weighted by Gasteiger charge is -2.29. The zero-order valence-corrected chi connectivity index (χ0v) is 16.6.